The van der Waals surface area contributed by atoms with Crippen LogP contribution in [-0.2, 0) is 22.7 Å². The average molecular weight is 342 g/mol. The van der Waals surface area contributed by atoms with Crippen molar-refractivity contribution in [1.29, 1.82) is 0 Å². The zero-order valence-electron chi connectivity index (χ0n) is 13.6. The van der Waals surface area contributed by atoms with Gasteiger partial charge >= 0.3 is 5.97 Å². The van der Waals surface area contributed by atoms with Crippen molar-refractivity contribution in [3.8, 4) is 0 Å². The van der Waals surface area contributed by atoms with Gasteiger partial charge in [-0.15, -0.1) is 11.3 Å². The van der Waals surface area contributed by atoms with Crippen LogP contribution in [-0.4, -0.2) is 15.5 Å². The first kappa shape index (κ1) is 16.4. The maximum atomic E-state index is 12.5. The van der Waals surface area contributed by atoms with Crippen LogP contribution >= 0.6 is 11.3 Å². The molecular formula is C18H18N2O3S. The van der Waals surface area contributed by atoms with E-state index in [1.54, 1.807) is 0 Å². The molecule has 0 atom stereocenters. The van der Waals surface area contributed by atoms with E-state index in [-0.39, 0.29) is 31.1 Å². The Hall–Kier alpha value is -2.47. The van der Waals surface area contributed by atoms with E-state index in [4.69, 9.17) is 4.74 Å². The Kier molecular flexibility index (Phi) is 4.76. The number of esters is 1. The van der Waals surface area contributed by atoms with Crippen LogP contribution < -0.4 is 5.56 Å². The molecule has 0 saturated carbocycles. The van der Waals surface area contributed by atoms with Gasteiger partial charge in [-0.25, -0.2) is 4.98 Å². The number of ether oxygens (including phenoxy) is 1. The van der Waals surface area contributed by atoms with E-state index < -0.39 is 0 Å². The summed E-state index contributed by atoms with van der Waals surface area (Å²) in [4.78, 5) is 30.6. The quantitative estimate of drug-likeness (QED) is 0.668. The number of carbonyl (C=O) groups is 1. The summed E-state index contributed by atoms with van der Waals surface area (Å²) in [6, 6.07) is 9.51. The second kappa shape index (κ2) is 6.97. The summed E-state index contributed by atoms with van der Waals surface area (Å²) >= 11 is 1.52. The molecule has 0 saturated heterocycles. The van der Waals surface area contributed by atoms with Crippen molar-refractivity contribution in [3.63, 3.8) is 0 Å². The van der Waals surface area contributed by atoms with E-state index in [1.165, 1.54) is 22.2 Å². The number of carbonyl (C=O) groups excluding carboxylic acids is 1. The molecule has 24 heavy (non-hydrogen) atoms. The number of hydrogen-bond donors (Lipinski definition) is 0. The molecule has 0 aliphatic rings. The van der Waals surface area contributed by atoms with Crippen LogP contribution in [0.25, 0.3) is 10.2 Å². The molecule has 2 heterocycles. The lowest BCUT2D eigenvalue weighted by atomic mass is 10.2. The summed E-state index contributed by atoms with van der Waals surface area (Å²) in [5, 5.41) is 0.651. The maximum absolute atomic E-state index is 12.5. The van der Waals surface area contributed by atoms with Gasteiger partial charge in [0, 0.05) is 11.4 Å². The average Bonchev–Trinajstić information content (AvgIpc) is 2.88. The summed E-state index contributed by atoms with van der Waals surface area (Å²) in [6.07, 6.45) is 1.65. The Morgan fingerprint density at radius 1 is 1.25 bits per heavy atom. The number of fused-ring (bicyclic) bond motifs is 1. The fourth-order valence-electron chi connectivity index (χ4n) is 2.45. The van der Waals surface area contributed by atoms with Crippen molar-refractivity contribution in [2.75, 3.05) is 0 Å². The molecule has 0 unspecified atom stereocenters. The zero-order valence-corrected chi connectivity index (χ0v) is 14.4. The molecule has 0 radical (unpaired) electrons. The number of aromatic nitrogens is 2. The van der Waals surface area contributed by atoms with Gasteiger partial charge in [0.05, 0.1) is 18.1 Å². The van der Waals surface area contributed by atoms with E-state index in [9.17, 15) is 9.59 Å². The van der Waals surface area contributed by atoms with Crippen molar-refractivity contribution < 1.29 is 9.53 Å². The van der Waals surface area contributed by atoms with Crippen molar-refractivity contribution in [1.82, 2.24) is 9.55 Å². The Morgan fingerprint density at radius 2 is 2.00 bits per heavy atom. The highest BCUT2D eigenvalue weighted by Gasteiger charge is 2.13. The van der Waals surface area contributed by atoms with Crippen LogP contribution in [0.2, 0.25) is 0 Å². The molecule has 124 valence electrons. The van der Waals surface area contributed by atoms with Crippen molar-refractivity contribution in [2.24, 2.45) is 0 Å². The minimum Gasteiger partial charge on any atom is -0.461 e. The normalized spacial score (nSPS) is 10.9. The second-order valence-corrected chi connectivity index (χ2v) is 6.81. The maximum Gasteiger partial charge on any atom is 0.307 e. The lowest BCUT2D eigenvalue weighted by Gasteiger charge is -2.07. The molecule has 1 aromatic carbocycles. The molecule has 0 fully saturated rings. The standard InChI is InChI=1S/C18H18N2O3S/c1-12-13(2)24-17-16(12)18(22)20(11-19-17)9-8-15(21)23-10-14-6-4-3-5-7-14/h3-7,11H,8-10H2,1-2H3. The molecule has 2 aromatic heterocycles. The highest BCUT2D eigenvalue weighted by Crippen LogP contribution is 2.25. The number of thiophene rings is 1. The first-order valence-electron chi connectivity index (χ1n) is 7.71. The third-order valence-corrected chi connectivity index (χ3v) is 5.07. The second-order valence-electron chi connectivity index (χ2n) is 5.60. The Morgan fingerprint density at radius 3 is 2.75 bits per heavy atom. The minimum atomic E-state index is -0.330. The molecule has 3 aromatic rings. The molecule has 0 aliphatic carbocycles. The summed E-state index contributed by atoms with van der Waals surface area (Å²) in [6.45, 7) is 4.42. The lowest BCUT2D eigenvalue weighted by Crippen LogP contribution is -2.22. The van der Waals surface area contributed by atoms with Gasteiger partial charge in [-0.05, 0) is 25.0 Å². The molecule has 0 aliphatic heterocycles. The van der Waals surface area contributed by atoms with Gasteiger partial charge < -0.3 is 4.74 Å². The largest absolute Gasteiger partial charge is 0.461 e. The number of hydrogen-bond acceptors (Lipinski definition) is 5. The lowest BCUT2D eigenvalue weighted by molar-refractivity contribution is -0.145. The predicted molar refractivity (Wildman–Crippen MR) is 94.2 cm³/mol. The van der Waals surface area contributed by atoms with Crippen LogP contribution in [0.4, 0.5) is 0 Å². The zero-order chi connectivity index (χ0) is 17.1. The van der Waals surface area contributed by atoms with Crippen LogP contribution in [0.3, 0.4) is 0 Å². The third-order valence-electron chi connectivity index (χ3n) is 3.96. The number of nitrogens with zero attached hydrogens (tertiary/aromatic N) is 2. The van der Waals surface area contributed by atoms with Crippen LogP contribution in [0.5, 0.6) is 0 Å². The first-order valence-corrected chi connectivity index (χ1v) is 8.52. The molecule has 0 spiro atoms. The topological polar surface area (TPSA) is 61.2 Å². The molecule has 6 heteroatoms. The van der Waals surface area contributed by atoms with E-state index in [0.717, 1.165) is 20.8 Å². The molecule has 3 rings (SSSR count). The number of rotatable bonds is 5. The first-order chi connectivity index (χ1) is 11.6. The van der Waals surface area contributed by atoms with Gasteiger partial charge in [0.2, 0.25) is 0 Å². The fraction of sp³-hybridized carbons (Fsp3) is 0.278. The van der Waals surface area contributed by atoms with Crippen molar-refractivity contribution >= 4 is 27.5 Å². The van der Waals surface area contributed by atoms with E-state index >= 15 is 0 Å². The molecule has 0 amide bonds. The van der Waals surface area contributed by atoms with Crippen LogP contribution in [0.1, 0.15) is 22.4 Å². The highest BCUT2D eigenvalue weighted by molar-refractivity contribution is 7.18. The van der Waals surface area contributed by atoms with Crippen molar-refractivity contribution in [2.45, 2.75) is 33.4 Å². The van der Waals surface area contributed by atoms with E-state index in [1.807, 2.05) is 44.2 Å². The minimum absolute atomic E-state index is 0.0993. The third kappa shape index (κ3) is 3.38. The number of benzene rings is 1. The highest BCUT2D eigenvalue weighted by atomic mass is 32.1. The van der Waals surface area contributed by atoms with Gasteiger partial charge in [-0.3, -0.25) is 14.2 Å². The smallest absolute Gasteiger partial charge is 0.307 e. The van der Waals surface area contributed by atoms with Crippen LogP contribution in [0, 0.1) is 13.8 Å². The van der Waals surface area contributed by atoms with Gasteiger partial charge in [-0.2, -0.15) is 0 Å². The summed E-state index contributed by atoms with van der Waals surface area (Å²) in [5.41, 5.74) is 1.81. The molecule has 5 nitrogen and oxygen atoms in total. The Balaban J connectivity index is 1.65. The molecule has 0 N–H and O–H groups in total. The van der Waals surface area contributed by atoms with Gasteiger partial charge in [0.15, 0.2) is 0 Å². The SMILES string of the molecule is Cc1sc2ncn(CCC(=O)OCc3ccccc3)c(=O)c2c1C. The molecule has 0 bridgehead atoms. The Bertz CT molecular complexity index is 929. The monoisotopic (exact) mass is 342 g/mol. The summed E-state index contributed by atoms with van der Waals surface area (Å²) in [5.74, 6) is -0.330. The fourth-order valence-corrected chi connectivity index (χ4v) is 3.44. The summed E-state index contributed by atoms with van der Waals surface area (Å²) in [7, 11) is 0. The number of aryl methyl sites for hydroxylation is 3. The predicted octanol–water partition coefficient (Wildman–Crippen LogP) is 3.21. The Labute approximate surface area is 143 Å². The van der Waals surface area contributed by atoms with Crippen molar-refractivity contribution in [3.05, 3.63) is 63.0 Å². The van der Waals surface area contributed by atoms with E-state index in [2.05, 4.69) is 4.98 Å². The molecular weight excluding hydrogens is 324 g/mol. The summed E-state index contributed by atoms with van der Waals surface area (Å²) < 4.78 is 6.71. The van der Waals surface area contributed by atoms with E-state index in [0.29, 0.717) is 5.39 Å². The van der Waals surface area contributed by atoms with Gasteiger partial charge in [-0.1, -0.05) is 30.3 Å². The van der Waals surface area contributed by atoms with Gasteiger partial charge in [0.25, 0.3) is 5.56 Å². The van der Waals surface area contributed by atoms with Gasteiger partial charge in [0.1, 0.15) is 11.4 Å². The van der Waals surface area contributed by atoms with Crippen LogP contribution in [0.15, 0.2) is 41.5 Å².